The van der Waals surface area contributed by atoms with Crippen LogP contribution in [0.15, 0.2) is 18.2 Å². The molecule has 0 bridgehead atoms. The van der Waals surface area contributed by atoms with Crippen LogP contribution in [0.4, 0.5) is 13.2 Å². The molecule has 0 saturated carbocycles. The van der Waals surface area contributed by atoms with E-state index in [0.717, 1.165) is 16.2 Å². The van der Waals surface area contributed by atoms with E-state index in [9.17, 15) is 18.0 Å². The molecular formula is C13H11ClF3NO2S. The van der Waals surface area contributed by atoms with Crippen LogP contribution in [-0.4, -0.2) is 42.0 Å². The van der Waals surface area contributed by atoms with Crippen molar-refractivity contribution in [1.29, 1.82) is 0 Å². The first-order valence-electron chi connectivity index (χ1n) is 6.00. The normalized spacial score (nSPS) is 11.3. The number of aliphatic hydroxyl groups excluding tert-OH is 1. The van der Waals surface area contributed by atoms with Crippen molar-refractivity contribution in [3.05, 3.63) is 33.9 Å². The standard InChI is InChI=1S/C13H11ClF3NO2S/c14-11-8-2-1-7(15)5-9(8)21-12(11)13(20)18(3-4-19)6-10(16)17/h1-2,5,10,19H,3-4,6H2. The number of halogens is 4. The fourth-order valence-electron chi connectivity index (χ4n) is 1.88. The zero-order valence-corrected chi connectivity index (χ0v) is 12.2. The lowest BCUT2D eigenvalue weighted by molar-refractivity contribution is 0.0513. The molecule has 114 valence electrons. The third-order valence-corrected chi connectivity index (χ3v) is 4.45. The van der Waals surface area contributed by atoms with Gasteiger partial charge >= 0.3 is 0 Å². The molecule has 1 amide bonds. The van der Waals surface area contributed by atoms with Crippen LogP contribution in [0.5, 0.6) is 0 Å². The smallest absolute Gasteiger partial charge is 0.265 e. The summed E-state index contributed by atoms with van der Waals surface area (Å²) in [5.74, 6) is -1.17. The van der Waals surface area contributed by atoms with Crippen LogP contribution >= 0.6 is 22.9 Å². The molecule has 0 unspecified atom stereocenters. The van der Waals surface area contributed by atoms with E-state index in [1.165, 1.54) is 18.2 Å². The minimum absolute atomic E-state index is 0.0615. The van der Waals surface area contributed by atoms with Crippen molar-refractivity contribution in [2.24, 2.45) is 0 Å². The van der Waals surface area contributed by atoms with Gasteiger partial charge in [-0.3, -0.25) is 4.79 Å². The predicted octanol–water partition coefficient (Wildman–Crippen LogP) is 3.39. The van der Waals surface area contributed by atoms with Crippen molar-refractivity contribution >= 4 is 38.9 Å². The second-order valence-corrected chi connectivity index (χ2v) is 5.68. The van der Waals surface area contributed by atoms with E-state index in [1.807, 2.05) is 0 Å². The summed E-state index contributed by atoms with van der Waals surface area (Å²) in [6.45, 7) is -1.45. The fourth-order valence-corrected chi connectivity index (χ4v) is 3.39. The predicted molar refractivity (Wildman–Crippen MR) is 75.8 cm³/mol. The third-order valence-electron chi connectivity index (χ3n) is 2.80. The molecule has 0 atom stereocenters. The molecular weight excluding hydrogens is 327 g/mol. The number of amides is 1. The van der Waals surface area contributed by atoms with E-state index < -0.39 is 31.3 Å². The van der Waals surface area contributed by atoms with Gasteiger partial charge < -0.3 is 10.0 Å². The summed E-state index contributed by atoms with van der Waals surface area (Å²) in [6.07, 6.45) is -2.72. The topological polar surface area (TPSA) is 40.5 Å². The maximum atomic E-state index is 13.2. The van der Waals surface area contributed by atoms with Crippen molar-refractivity contribution in [2.75, 3.05) is 19.7 Å². The lowest BCUT2D eigenvalue weighted by atomic mass is 10.2. The third kappa shape index (κ3) is 3.48. The van der Waals surface area contributed by atoms with Gasteiger partial charge in [-0.05, 0) is 18.2 Å². The molecule has 21 heavy (non-hydrogen) atoms. The van der Waals surface area contributed by atoms with Gasteiger partial charge in [-0.1, -0.05) is 11.6 Å². The van der Waals surface area contributed by atoms with Gasteiger partial charge in [-0.2, -0.15) is 0 Å². The van der Waals surface area contributed by atoms with Crippen molar-refractivity contribution in [3.63, 3.8) is 0 Å². The molecule has 0 radical (unpaired) electrons. The van der Waals surface area contributed by atoms with Gasteiger partial charge in [-0.15, -0.1) is 11.3 Å². The summed E-state index contributed by atoms with van der Waals surface area (Å²) in [5, 5.41) is 9.47. The van der Waals surface area contributed by atoms with Crippen molar-refractivity contribution in [3.8, 4) is 0 Å². The van der Waals surface area contributed by atoms with Gasteiger partial charge in [0.15, 0.2) is 0 Å². The van der Waals surface area contributed by atoms with Crippen LogP contribution in [-0.2, 0) is 0 Å². The molecule has 0 aliphatic rings. The zero-order chi connectivity index (χ0) is 15.6. The Kier molecular flexibility index (Phi) is 5.08. The maximum Gasteiger partial charge on any atom is 0.265 e. The Morgan fingerprint density at radius 2 is 2.14 bits per heavy atom. The molecule has 1 aromatic heterocycles. The highest BCUT2D eigenvalue weighted by atomic mass is 35.5. The molecule has 1 N–H and O–H groups in total. The van der Waals surface area contributed by atoms with Gasteiger partial charge in [0.25, 0.3) is 12.3 Å². The van der Waals surface area contributed by atoms with Crippen LogP contribution in [0.25, 0.3) is 10.1 Å². The Bertz CT molecular complexity index is 662. The quantitative estimate of drug-likeness (QED) is 0.908. The summed E-state index contributed by atoms with van der Waals surface area (Å²) in [6, 6.07) is 3.87. The lowest BCUT2D eigenvalue weighted by Gasteiger charge is -2.20. The number of hydrogen-bond acceptors (Lipinski definition) is 3. The van der Waals surface area contributed by atoms with Gasteiger partial charge in [0.2, 0.25) is 0 Å². The molecule has 0 spiro atoms. The first-order chi connectivity index (χ1) is 9.93. The number of alkyl halides is 2. The number of fused-ring (bicyclic) bond motifs is 1. The Morgan fingerprint density at radius 1 is 1.43 bits per heavy atom. The average Bonchev–Trinajstić information content (AvgIpc) is 2.73. The summed E-state index contributed by atoms with van der Waals surface area (Å²) >= 11 is 7.01. The van der Waals surface area contributed by atoms with Crippen molar-refractivity contribution in [1.82, 2.24) is 4.90 Å². The van der Waals surface area contributed by atoms with Crippen LogP contribution in [0.2, 0.25) is 5.02 Å². The van der Waals surface area contributed by atoms with Gasteiger partial charge in [0.1, 0.15) is 10.7 Å². The van der Waals surface area contributed by atoms with Gasteiger partial charge in [-0.25, -0.2) is 13.2 Å². The summed E-state index contributed by atoms with van der Waals surface area (Å²) < 4.78 is 38.6. The van der Waals surface area contributed by atoms with Crippen molar-refractivity contribution < 1.29 is 23.1 Å². The number of nitrogens with zero attached hydrogens (tertiary/aromatic N) is 1. The molecule has 1 aromatic carbocycles. The Labute approximate surface area is 127 Å². The second-order valence-electron chi connectivity index (χ2n) is 4.25. The van der Waals surface area contributed by atoms with E-state index in [2.05, 4.69) is 0 Å². The highest BCUT2D eigenvalue weighted by molar-refractivity contribution is 7.21. The zero-order valence-electron chi connectivity index (χ0n) is 10.7. The number of benzene rings is 1. The Balaban J connectivity index is 2.39. The molecule has 0 aliphatic heterocycles. The molecule has 2 aromatic rings. The van der Waals surface area contributed by atoms with E-state index in [4.69, 9.17) is 16.7 Å². The van der Waals surface area contributed by atoms with Crippen LogP contribution in [0, 0.1) is 5.82 Å². The Morgan fingerprint density at radius 3 is 2.76 bits per heavy atom. The number of hydrogen-bond donors (Lipinski definition) is 1. The minimum atomic E-state index is -2.72. The van der Waals surface area contributed by atoms with Gasteiger partial charge in [0.05, 0.1) is 18.2 Å². The molecule has 1 heterocycles. The highest BCUT2D eigenvalue weighted by Gasteiger charge is 2.24. The molecule has 3 nitrogen and oxygen atoms in total. The van der Waals surface area contributed by atoms with E-state index in [1.54, 1.807) is 0 Å². The maximum absolute atomic E-state index is 13.2. The largest absolute Gasteiger partial charge is 0.395 e. The number of aliphatic hydroxyl groups is 1. The highest BCUT2D eigenvalue weighted by Crippen LogP contribution is 2.36. The fraction of sp³-hybridized carbons (Fsp3) is 0.308. The molecule has 2 rings (SSSR count). The molecule has 0 aliphatic carbocycles. The van der Waals surface area contributed by atoms with E-state index in [-0.39, 0.29) is 16.4 Å². The van der Waals surface area contributed by atoms with Crippen LogP contribution < -0.4 is 0 Å². The Hall–Kier alpha value is -1.31. The van der Waals surface area contributed by atoms with E-state index >= 15 is 0 Å². The molecule has 0 fully saturated rings. The SMILES string of the molecule is O=C(c1sc2cc(F)ccc2c1Cl)N(CCO)CC(F)F. The number of carbonyl (C=O) groups is 1. The van der Waals surface area contributed by atoms with E-state index in [0.29, 0.717) is 10.1 Å². The molecule has 0 saturated heterocycles. The van der Waals surface area contributed by atoms with Crippen LogP contribution in [0.3, 0.4) is 0 Å². The van der Waals surface area contributed by atoms with Crippen molar-refractivity contribution in [2.45, 2.75) is 6.43 Å². The summed E-state index contributed by atoms with van der Waals surface area (Å²) in [5.41, 5.74) is 0. The summed E-state index contributed by atoms with van der Waals surface area (Å²) in [7, 11) is 0. The lowest BCUT2D eigenvalue weighted by Crippen LogP contribution is -2.37. The monoisotopic (exact) mass is 337 g/mol. The van der Waals surface area contributed by atoms with Crippen LogP contribution in [0.1, 0.15) is 9.67 Å². The molecule has 8 heteroatoms. The number of thiophene rings is 1. The minimum Gasteiger partial charge on any atom is -0.395 e. The average molecular weight is 338 g/mol. The van der Waals surface area contributed by atoms with Gasteiger partial charge in [0, 0.05) is 16.6 Å². The summed E-state index contributed by atoms with van der Waals surface area (Å²) in [4.78, 5) is 13.2. The number of carbonyl (C=O) groups excluding carboxylic acids is 1. The second kappa shape index (κ2) is 6.64. The number of rotatable bonds is 5. The first-order valence-corrected chi connectivity index (χ1v) is 7.19. The first kappa shape index (κ1) is 16.1.